The van der Waals surface area contributed by atoms with Gasteiger partial charge in [-0.25, -0.2) is 0 Å². The smallest absolute Gasteiger partial charge is 0.175 e. The number of hydrogen-bond acceptors (Lipinski definition) is 4. The Labute approximate surface area is 129 Å². The van der Waals surface area contributed by atoms with Crippen LogP contribution in [0.1, 0.15) is 38.9 Å². The maximum Gasteiger partial charge on any atom is 0.175 e. The Morgan fingerprint density at radius 2 is 1.82 bits per heavy atom. The number of carbonyl (C=O) groups is 2. The number of rotatable bonds is 1. The van der Waals surface area contributed by atoms with Crippen molar-refractivity contribution in [3.63, 3.8) is 0 Å². The molecule has 0 saturated heterocycles. The Morgan fingerprint density at radius 1 is 1.18 bits per heavy atom. The first-order chi connectivity index (χ1) is 10.3. The molecule has 4 nitrogen and oxygen atoms in total. The minimum absolute atomic E-state index is 0.157. The number of benzene rings is 1. The molecule has 0 unspecified atom stereocenters. The molecule has 0 spiro atoms. The quantitative estimate of drug-likeness (QED) is 0.863. The van der Waals surface area contributed by atoms with Crippen LogP contribution in [0, 0.1) is 5.41 Å². The van der Waals surface area contributed by atoms with Crippen molar-refractivity contribution in [2.75, 3.05) is 0 Å². The van der Waals surface area contributed by atoms with Gasteiger partial charge < -0.3 is 9.84 Å². The summed E-state index contributed by atoms with van der Waals surface area (Å²) in [6, 6.07) is 9.44. The van der Waals surface area contributed by atoms with Gasteiger partial charge in [0.15, 0.2) is 11.6 Å². The number of carbonyl (C=O) groups excluding carboxylic acids is 2. The van der Waals surface area contributed by atoms with Crippen molar-refractivity contribution in [1.82, 2.24) is 0 Å². The van der Waals surface area contributed by atoms with Gasteiger partial charge in [-0.15, -0.1) is 0 Å². The van der Waals surface area contributed by atoms with E-state index in [2.05, 4.69) is 0 Å². The van der Waals surface area contributed by atoms with Crippen molar-refractivity contribution in [2.24, 2.45) is 5.41 Å². The van der Waals surface area contributed by atoms with Gasteiger partial charge in [-0.1, -0.05) is 30.3 Å². The second-order valence-electron chi connectivity index (χ2n) is 6.28. The summed E-state index contributed by atoms with van der Waals surface area (Å²) in [5.41, 5.74) is 0.318. The van der Waals surface area contributed by atoms with Gasteiger partial charge in [0.05, 0.1) is 17.4 Å². The molecule has 4 heteroatoms. The second-order valence-corrected chi connectivity index (χ2v) is 6.28. The zero-order valence-corrected chi connectivity index (χ0v) is 12.8. The molecular weight excluding hydrogens is 280 g/mol. The highest BCUT2D eigenvalue weighted by Gasteiger charge is 2.47. The van der Waals surface area contributed by atoms with Crippen molar-refractivity contribution >= 4 is 11.6 Å². The van der Waals surface area contributed by atoms with Gasteiger partial charge >= 0.3 is 0 Å². The summed E-state index contributed by atoms with van der Waals surface area (Å²) < 4.78 is 6.00. The summed E-state index contributed by atoms with van der Waals surface area (Å²) >= 11 is 0. The normalized spacial score (nSPS) is 24.2. The van der Waals surface area contributed by atoms with E-state index in [4.69, 9.17) is 4.74 Å². The average Bonchev–Trinajstić information content (AvgIpc) is 2.51. The molecule has 3 rings (SSSR count). The summed E-state index contributed by atoms with van der Waals surface area (Å²) in [6.45, 7) is 4.99. The standard InChI is InChI=1S/C18H18O4/c1-10-15(20)14-12(19)9-13(11-7-5-4-6-8-11)22-17(14)18(2,3)16(10)21/h4-8,13,20H,9H2,1-3H3/t13-/m0/s1. The first kappa shape index (κ1) is 14.6. The van der Waals surface area contributed by atoms with Gasteiger partial charge in [0.25, 0.3) is 0 Å². The fourth-order valence-corrected chi connectivity index (χ4v) is 3.06. The summed E-state index contributed by atoms with van der Waals surface area (Å²) in [6.07, 6.45) is -0.268. The minimum atomic E-state index is -0.950. The first-order valence-electron chi connectivity index (χ1n) is 7.28. The number of ketones is 2. The number of allylic oxidation sites excluding steroid dienone is 3. The average molecular weight is 298 g/mol. The third-order valence-corrected chi connectivity index (χ3v) is 4.38. The van der Waals surface area contributed by atoms with E-state index in [0.717, 1.165) is 5.56 Å². The largest absolute Gasteiger partial charge is 0.507 e. The molecular formula is C18H18O4. The molecule has 0 saturated carbocycles. The van der Waals surface area contributed by atoms with Crippen LogP contribution in [-0.4, -0.2) is 16.7 Å². The number of aliphatic hydroxyl groups is 1. The number of ether oxygens (including phenoxy) is 1. The van der Waals surface area contributed by atoms with E-state index in [1.165, 1.54) is 0 Å². The molecule has 1 aromatic carbocycles. The lowest BCUT2D eigenvalue weighted by molar-refractivity contribution is -0.127. The zero-order valence-electron chi connectivity index (χ0n) is 12.8. The van der Waals surface area contributed by atoms with E-state index < -0.39 is 11.5 Å². The van der Waals surface area contributed by atoms with E-state index in [9.17, 15) is 14.7 Å². The van der Waals surface area contributed by atoms with Gasteiger partial charge in [-0.05, 0) is 26.3 Å². The molecule has 0 fully saturated rings. The summed E-state index contributed by atoms with van der Waals surface area (Å²) in [7, 11) is 0. The van der Waals surface area contributed by atoms with Crippen LogP contribution in [0.4, 0.5) is 0 Å². The fraction of sp³-hybridized carbons (Fsp3) is 0.333. The van der Waals surface area contributed by atoms with Gasteiger partial charge in [-0.2, -0.15) is 0 Å². The van der Waals surface area contributed by atoms with Crippen LogP contribution in [0.3, 0.4) is 0 Å². The molecule has 1 aliphatic carbocycles. The first-order valence-corrected chi connectivity index (χ1v) is 7.28. The van der Waals surface area contributed by atoms with Crippen LogP contribution >= 0.6 is 0 Å². The van der Waals surface area contributed by atoms with Crippen molar-refractivity contribution in [3.05, 3.63) is 58.6 Å². The van der Waals surface area contributed by atoms with E-state index in [1.807, 2.05) is 30.3 Å². The van der Waals surface area contributed by atoms with E-state index >= 15 is 0 Å². The Kier molecular flexibility index (Phi) is 3.20. The van der Waals surface area contributed by atoms with Crippen LogP contribution < -0.4 is 0 Å². The maximum absolute atomic E-state index is 12.5. The minimum Gasteiger partial charge on any atom is -0.507 e. The Bertz CT molecular complexity index is 723. The van der Waals surface area contributed by atoms with Gasteiger partial charge in [-0.3, -0.25) is 9.59 Å². The van der Waals surface area contributed by atoms with Crippen LogP contribution in [0.25, 0.3) is 0 Å². The highest BCUT2D eigenvalue weighted by atomic mass is 16.5. The summed E-state index contributed by atoms with van der Waals surface area (Å²) in [5.74, 6) is -0.362. The van der Waals surface area contributed by atoms with Gasteiger partial charge in [0.2, 0.25) is 0 Å². The predicted molar refractivity (Wildman–Crippen MR) is 81.0 cm³/mol. The van der Waals surface area contributed by atoms with Gasteiger partial charge in [0.1, 0.15) is 17.6 Å². The zero-order chi connectivity index (χ0) is 16.1. The fourth-order valence-electron chi connectivity index (χ4n) is 3.06. The molecule has 22 heavy (non-hydrogen) atoms. The molecule has 0 radical (unpaired) electrons. The van der Waals surface area contributed by atoms with Crippen molar-refractivity contribution in [2.45, 2.75) is 33.3 Å². The highest BCUT2D eigenvalue weighted by Crippen LogP contribution is 2.46. The van der Waals surface area contributed by atoms with Gasteiger partial charge in [0, 0.05) is 5.57 Å². The molecule has 114 valence electrons. The molecule has 0 bridgehead atoms. The Morgan fingerprint density at radius 3 is 2.45 bits per heavy atom. The maximum atomic E-state index is 12.5. The molecule has 1 atom stereocenters. The molecule has 0 aromatic heterocycles. The van der Waals surface area contributed by atoms with Crippen molar-refractivity contribution in [1.29, 1.82) is 0 Å². The van der Waals surface area contributed by atoms with E-state index in [1.54, 1.807) is 20.8 Å². The van der Waals surface area contributed by atoms with Crippen LogP contribution in [0.5, 0.6) is 0 Å². The lowest BCUT2D eigenvalue weighted by Gasteiger charge is -2.38. The third kappa shape index (κ3) is 1.98. The number of hydrogen-bond donors (Lipinski definition) is 1. The summed E-state index contributed by atoms with van der Waals surface area (Å²) in [4.78, 5) is 24.9. The summed E-state index contributed by atoms with van der Waals surface area (Å²) in [5, 5.41) is 10.2. The van der Waals surface area contributed by atoms with E-state index in [0.29, 0.717) is 0 Å². The monoisotopic (exact) mass is 298 g/mol. The molecule has 1 aliphatic heterocycles. The number of Topliss-reactive ketones (excluding diaryl/α,β-unsaturated/α-hetero) is 2. The topological polar surface area (TPSA) is 63.6 Å². The Balaban J connectivity index is 2.11. The molecule has 1 heterocycles. The van der Waals surface area contributed by atoms with Crippen LogP contribution in [-0.2, 0) is 14.3 Å². The third-order valence-electron chi connectivity index (χ3n) is 4.38. The predicted octanol–water partition coefficient (Wildman–Crippen LogP) is 3.41. The lowest BCUT2D eigenvalue weighted by Crippen LogP contribution is -2.39. The molecule has 2 aliphatic rings. The highest BCUT2D eigenvalue weighted by molar-refractivity contribution is 6.10. The Hall–Kier alpha value is -2.36. The van der Waals surface area contributed by atoms with Crippen molar-refractivity contribution in [3.8, 4) is 0 Å². The number of aliphatic hydroxyl groups excluding tert-OH is 1. The lowest BCUT2D eigenvalue weighted by atomic mass is 9.73. The molecule has 0 amide bonds. The van der Waals surface area contributed by atoms with E-state index in [-0.39, 0.29) is 40.7 Å². The second kappa shape index (κ2) is 4.83. The molecule has 1 aromatic rings. The van der Waals surface area contributed by atoms with Crippen LogP contribution in [0.15, 0.2) is 53.0 Å². The molecule has 1 N–H and O–H groups in total. The SMILES string of the molecule is CC1=C(O)C2=C(O[C@H](c3ccccc3)CC2=O)C(C)(C)C1=O. The van der Waals surface area contributed by atoms with Crippen molar-refractivity contribution < 1.29 is 19.4 Å². The van der Waals surface area contributed by atoms with Crippen LogP contribution in [0.2, 0.25) is 0 Å².